The summed E-state index contributed by atoms with van der Waals surface area (Å²) < 4.78 is 2.25. The summed E-state index contributed by atoms with van der Waals surface area (Å²) >= 11 is 0. The SMILES string of the molecule is Cl.Cl.Nc1ccccc1C(=O)NCCCc1nnc2n1CCCCC2. The predicted molar refractivity (Wildman–Crippen MR) is 104 cm³/mol. The molecule has 0 saturated carbocycles. The molecule has 0 aliphatic carbocycles. The highest BCUT2D eigenvalue weighted by molar-refractivity contribution is 5.99. The van der Waals surface area contributed by atoms with Crippen molar-refractivity contribution in [3.8, 4) is 0 Å². The molecule has 0 spiro atoms. The van der Waals surface area contributed by atoms with Gasteiger partial charge in [0.25, 0.3) is 5.91 Å². The van der Waals surface area contributed by atoms with E-state index in [4.69, 9.17) is 5.73 Å². The average molecular weight is 386 g/mol. The van der Waals surface area contributed by atoms with Crippen LogP contribution in [0.4, 0.5) is 5.69 Å². The minimum absolute atomic E-state index is 0. The fourth-order valence-corrected chi connectivity index (χ4v) is 2.98. The Bertz CT molecular complexity index is 689. The van der Waals surface area contributed by atoms with Gasteiger partial charge < -0.3 is 15.6 Å². The molecular weight excluding hydrogens is 361 g/mol. The van der Waals surface area contributed by atoms with Crippen LogP contribution in [0.1, 0.15) is 47.7 Å². The summed E-state index contributed by atoms with van der Waals surface area (Å²) in [5.74, 6) is 2.03. The van der Waals surface area contributed by atoms with E-state index in [1.165, 1.54) is 19.3 Å². The highest BCUT2D eigenvalue weighted by Crippen LogP contribution is 2.15. The van der Waals surface area contributed by atoms with Crippen molar-refractivity contribution in [2.75, 3.05) is 12.3 Å². The van der Waals surface area contributed by atoms with Gasteiger partial charge in [-0.15, -0.1) is 35.0 Å². The first-order valence-electron chi connectivity index (χ1n) is 8.29. The molecule has 1 aliphatic rings. The largest absolute Gasteiger partial charge is 0.398 e. The second-order valence-electron chi connectivity index (χ2n) is 5.94. The molecule has 0 radical (unpaired) electrons. The number of carbonyl (C=O) groups is 1. The average Bonchev–Trinajstić information content (AvgIpc) is 2.79. The number of fused-ring (bicyclic) bond motifs is 1. The third kappa shape index (κ3) is 5.34. The number of amides is 1. The van der Waals surface area contributed by atoms with E-state index in [1.54, 1.807) is 12.1 Å². The Hall–Kier alpha value is -1.79. The van der Waals surface area contributed by atoms with Crippen LogP contribution in [-0.2, 0) is 19.4 Å². The minimum Gasteiger partial charge on any atom is -0.398 e. The molecule has 2 aromatic rings. The number of aromatic nitrogens is 3. The normalized spacial score (nSPS) is 13.0. The van der Waals surface area contributed by atoms with Crippen molar-refractivity contribution in [3.05, 3.63) is 41.5 Å². The van der Waals surface area contributed by atoms with Crippen molar-refractivity contribution in [2.45, 2.75) is 45.1 Å². The molecular formula is C17H25Cl2N5O. The number of hydrogen-bond acceptors (Lipinski definition) is 4. The smallest absolute Gasteiger partial charge is 0.253 e. The van der Waals surface area contributed by atoms with Crippen LogP contribution in [0.25, 0.3) is 0 Å². The minimum atomic E-state index is -0.122. The number of benzene rings is 1. The Morgan fingerprint density at radius 1 is 1.16 bits per heavy atom. The maximum absolute atomic E-state index is 12.1. The lowest BCUT2D eigenvalue weighted by Gasteiger charge is -2.08. The van der Waals surface area contributed by atoms with Gasteiger partial charge in [0, 0.05) is 31.6 Å². The van der Waals surface area contributed by atoms with Gasteiger partial charge in [0.2, 0.25) is 0 Å². The van der Waals surface area contributed by atoms with Gasteiger partial charge in [-0.3, -0.25) is 4.79 Å². The van der Waals surface area contributed by atoms with Crippen LogP contribution in [0.5, 0.6) is 0 Å². The summed E-state index contributed by atoms with van der Waals surface area (Å²) in [7, 11) is 0. The number of nitrogen functional groups attached to an aromatic ring is 1. The lowest BCUT2D eigenvalue weighted by atomic mass is 10.1. The molecule has 0 fully saturated rings. The molecule has 0 unspecified atom stereocenters. The van der Waals surface area contributed by atoms with E-state index in [0.29, 0.717) is 17.8 Å². The maximum atomic E-state index is 12.1. The van der Waals surface area contributed by atoms with Crippen LogP contribution >= 0.6 is 24.8 Å². The first kappa shape index (κ1) is 21.3. The number of anilines is 1. The lowest BCUT2D eigenvalue weighted by Crippen LogP contribution is -2.25. The monoisotopic (exact) mass is 385 g/mol. The molecule has 138 valence electrons. The van der Waals surface area contributed by atoms with Crippen molar-refractivity contribution in [1.29, 1.82) is 0 Å². The first-order valence-corrected chi connectivity index (χ1v) is 8.29. The molecule has 1 aromatic carbocycles. The van der Waals surface area contributed by atoms with E-state index >= 15 is 0 Å². The second-order valence-corrected chi connectivity index (χ2v) is 5.94. The molecule has 3 rings (SSSR count). The number of nitrogens with one attached hydrogen (secondary N) is 1. The fourth-order valence-electron chi connectivity index (χ4n) is 2.98. The molecule has 1 aliphatic heterocycles. The van der Waals surface area contributed by atoms with E-state index in [0.717, 1.165) is 37.5 Å². The first-order chi connectivity index (χ1) is 11.3. The van der Waals surface area contributed by atoms with E-state index in [2.05, 4.69) is 20.1 Å². The Labute approximate surface area is 160 Å². The Morgan fingerprint density at radius 3 is 2.76 bits per heavy atom. The third-order valence-electron chi connectivity index (χ3n) is 4.25. The van der Waals surface area contributed by atoms with Gasteiger partial charge in [0.15, 0.2) is 0 Å². The lowest BCUT2D eigenvalue weighted by molar-refractivity contribution is 0.0954. The fraction of sp³-hybridized carbons (Fsp3) is 0.471. The number of aryl methyl sites for hydroxylation is 2. The molecule has 3 N–H and O–H groups in total. The highest BCUT2D eigenvalue weighted by atomic mass is 35.5. The molecule has 6 nitrogen and oxygen atoms in total. The molecule has 8 heteroatoms. The quantitative estimate of drug-likeness (QED) is 0.611. The van der Waals surface area contributed by atoms with Gasteiger partial charge in [-0.05, 0) is 31.4 Å². The summed E-state index contributed by atoms with van der Waals surface area (Å²) in [6, 6.07) is 7.11. The number of nitrogens with two attached hydrogens (primary N) is 1. The third-order valence-corrected chi connectivity index (χ3v) is 4.25. The van der Waals surface area contributed by atoms with Crippen LogP contribution < -0.4 is 11.1 Å². The summed E-state index contributed by atoms with van der Waals surface area (Å²) in [5, 5.41) is 11.5. The van der Waals surface area contributed by atoms with Gasteiger partial charge in [0.1, 0.15) is 11.6 Å². The van der Waals surface area contributed by atoms with Crippen LogP contribution in [-0.4, -0.2) is 27.2 Å². The van der Waals surface area contributed by atoms with Gasteiger partial charge >= 0.3 is 0 Å². The van der Waals surface area contributed by atoms with Crippen molar-refractivity contribution < 1.29 is 4.79 Å². The zero-order valence-corrected chi connectivity index (χ0v) is 15.7. The van der Waals surface area contributed by atoms with Crippen molar-refractivity contribution in [2.24, 2.45) is 0 Å². The molecule has 0 saturated heterocycles. The van der Waals surface area contributed by atoms with Crippen molar-refractivity contribution in [1.82, 2.24) is 20.1 Å². The standard InChI is InChI=1S/C17H23N5O.2ClH/c18-14-8-4-3-7-13(14)17(23)19-11-6-10-16-21-20-15-9-2-1-5-12-22(15)16;;/h3-4,7-8H,1-2,5-6,9-12,18H2,(H,19,23);2*1H. The van der Waals surface area contributed by atoms with Gasteiger partial charge in [0.05, 0.1) is 5.56 Å². The molecule has 25 heavy (non-hydrogen) atoms. The number of nitrogens with zero attached hydrogens (tertiary/aromatic N) is 3. The Balaban J connectivity index is 0.00000156. The number of carbonyl (C=O) groups excluding carboxylic acids is 1. The van der Waals surface area contributed by atoms with Crippen LogP contribution in [0.2, 0.25) is 0 Å². The summed E-state index contributed by atoms with van der Waals surface area (Å²) in [6.45, 7) is 1.62. The van der Waals surface area contributed by atoms with E-state index in [9.17, 15) is 4.79 Å². The Morgan fingerprint density at radius 2 is 1.96 bits per heavy atom. The number of rotatable bonds is 5. The number of halogens is 2. The van der Waals surface area contributed by atoms with Gasteiger partial charge in [-0.1, -0.05) is 18.6 Å². The highest BCUT2D eigenvalue weighted by Gasteiger charge is 2.14. The molecule has 1 aromatic heterocycles. The second kappa shape index (κ2) is 10.3. The van der Waals surface area contributed by atoms with Crippen LogP contribution in [0.3, 0.4) is 0 Å². The van der Waals surface area contributed by atoms with E-state index in [1.807, 2.05) is 12.1 Å². The molecule has 0 bridgehead atoms. The summed E-state index contributed by atoms with van der Waals surface area (Å²) in [5.41, 5.74) is 6.85. The molecule has 0 atom stereocenters. The summed E-state index contributed by atoms with van der Waals surface area (Å²) in [4.78, 5) is 12.1. The van der Waals surface area contributed by atoms with Crippen molar-refractivity contribution in [3.63, 3.8) is 0 Å². The molecule has 1 amide bonds. The summed E-state index contributed by atoms with van der Waals surface area (Å²) in [6.07, 6.45) is 6.36. The maximum Gasteiger partial charge on any atom is 0.253 e. The van der Waals surface area contributed by atoms with Crippen molar-refractivity contribution >= 4 is 36.4 Å². The number of hydrogen-bond donors (Lipinski definition) is 2. The van der Waals surface area contributed by atoms with E-state index < -0.39 is 0 Å². The van der Waals surface area contributed by atoms with Crippen LogP contribution in [0.15, 0.2) is 24.3 Å². The van der Waals surface area contributed by atoms with E-state index in [-0.39, 0.29) is 30.7 Å². The molecule has 2 heterocycles. The van der Waals surface area contributed by atoms with Gasteiger partial charge in [-0.25, -0.2) is 0 Å². The van der Waals surface area contributed by atoms with Crippen LogP contribution in [0, 0.1) is 0 Å². The van der Waals surface area contributed by atoms with Gasteiger partial charge in [-0.2, -0.15) is 0 Å². The predicted octanol–water partition coefficient (Wildman–Crippen LogP) is 2.79. The zero-order valence-electron chi connectivity index (χ0n) is 14.1. The zero-order chi connectivity index (χ0) is 16.1. The topological polar surface area (TPSA) is 85.8 Å². The number of para-hydroxylation sites is 1. The Kier molecular flexibility index (Phi) is 8.72.